The van der Waals surface area contributed by atoms with Gasteiger partial charge in [-0.1, -0.05) is 17.8 Å². The minimum Gasteiger partial charge on any atom is -0.368 e. The van der Waals surface area contributed by atoms with Crippen LogP contribution in [-0.4, -0.2) is 33.6 Å². The number of carbonyl (C=O) groups is 1. The lowest BCUT2D eigenvalue weighted by atomic mass is 9.94. The second-order valence-electron chi connectivity index (χ2n) is 6.44. The Bertz CT molecular complexity index is 527. The van der Waals surface area contributed by atoms with E-state index in [2.05, 4.69) is 15.1 Å². The van der Waals surface area contributed by atoms with Gasteiger partial charge in [0.15, 0.2) is 0 Å². The maximum absolute atomic E-state index is 11.8. The van der Waals surface area contributed by atoms with Gasteiger partial charge in [0.1, 0.15) is 10.0 Å². The van der Waals surface area contributed by atoms with Crippen LogP contribution < -0.4 is 5.73 Å². The van der Waals surface area contributed by atoms with Crippen LogP contribution in [-0.2, 0) is 11.3 Å². The van der Waals surface area contributed by atoms with Crippen molar-refractivity contribution in [2.24, 2.45) is 17.6 Å². The lowest BCUT2D eigenvalue weighted by molar-refractivity contribution is -0.123. The van der Waals surface area contributed by atoms with E-state index in [4.69, 9.17) is 5.73 Å². The van der Waals surface area contributed by atoms with Gasteiger partial charge in [0.25, 0.3) is 0 Å². The molecule has 1 aliphatic heterocycles. The van der Waals surface area contributed by atoms with Crippen molar-refractivity contribution in [1.29, 1.82) is 0 Å². The number of hydrogen-bond donors (Lipinski definition) is 1. The number of nitrogens with two attached hydrogens (primary N) is 1. The summed E-state index contributed by atoms with van der Waals surface area (Å²) in [5.41, 5.74) is 5.65. The highest BCUT2D eigenvalue weighted by atomic mass is 32.1. The van der Waals surface area contributed by atoms with Crippen molar-refractivity contribution in [3.63, 3.8) is 0 Å². The summed E-state index contributed by atoms with van der Waals surface area (Å²) in [5, 5.41) is 10.8. The van der Waals surface area contributed by atoms with E-state index in [1.54, 1.807) is 11.3 Å². The zero-order valence-electron chi connectivity index (χ0n) is 11.5. The topological polar surface area (TPSA) is 72.1 Å². The van der Waals surface area contributed by atoms with Crippen molar-refractivity contribution >= 4 is 17.2 Å². The number of rotatable bonds is 4. The second kappa shape index (κ2) is 4.77. The smallest absolute Gasteiger partial charge is 0.235 e. The van der Waals surface area contributed by atoms with E-state index in [0.717, 1.165) is 24.5 Å². The number of nitrogens with zero attached hydrogens (tertiary/aromatic N) is 3. The largest absolute Gasteiger partial charge is 0.368 e. The van der Waals surface area contributed by atoms with E-state index in [1.165, 1.54) is 30.7 Å². The lowest BCUT2D eigenvalue weighted by Crippen LogP contribution is -2.43. The quantitative estimate of drug-likeness (QED) is 0.913. The van der Waals surface area contributed by atoms with Crippen LogP contribution in [0.25, 0.3) is 0 Å². The van der Waals surface area contributed by atoms with Crippen LogP contribution in [0.5, 0.6) is 0 Å². The molecule has 0 bridgehead atoms. The Labute approximate surface area is 122 Å². The SMILES string of the molecule is NC(=O)C1C2CCCC2CN1Cc1nnc(C2CC2)s1. The summed E-state index contributed by atoms with van der Waals surface area (Å²) in [6, 6.07) is -0.0872. The van der Waals surface area contributed by atoms with E-state index in [0.29, 0.717) is 17.8 Å². The van der Waals surface area contributed by atoms with Crippen molar-refractivity contribution in [2.45, 2.75) is 50.6 Å². The first-order valence-electron chi connectivity index (χ1n) is 7.58. The molecule has 3 fully saturated rings. The highest BCUT2D eigenvalue weighted by Gasteiger charge is 2.46. The Balaban J connectivity index is 1.50. The average molecular weight is 292 g/mol. The first-order chi connectivity index (χ1) is 9.72. The Morgan fingerprint density at radius 3 is 2.90 bits per heavy atom. The van der Waals surface area contributed by atoms with Crippen molar-refractivity contribution in [3.05, 3.63) is 10.0 Å². The first-order valence-corrected chi connectivity index (χ1v) is 8.39. The lowest BCUT2D eigenvalue weighted by Gasteiger charge is -2.23. The fourth-order valence-electron chi connectivity index (χ4n) is 3.95. The van der Waals surface area contributed by atoms with Crippen molar-refractivity contribution in [2.75, 3.05) is 6.54 Å². The molecule has 3 unspecified atom stereocenters. The highest BCUT2D eigenvalue weighted by Crippen LogP contribution is 2.44. The van der Waals surface area contributed by atoms with Gasteiger partial charge in [0.2, 0.25) is 5.91 Å². The first kappa shape index (κ1) is 12.7. The molecule has 1 aromatic rings. The molecular formula is C14H20N4OS. The maximum Gasteiger partial charge on any atom is 0.235 e. The third-order valence-corrected chi connectivity index (χ3v) is 6.10. The van der Waals surface area contributed by atoms with Gasteiger partial charge < -0.3 is 5.73 Å². The van der Waals surface area contributed by atoms with Crippen LogP contribution in [0.15, 0.2) is 0 Å². The zero-order valence-corrected chi connectivity index (χ0v) is 12.3. The molecule has 5 nitrogen and oxygen atoms in total. The molecule has 2 N–H and O–H groups in total. The predicted octanol–water partition coefficient (Wildman–Crippen LogP) is 1.50. The van der Waals surface area contributed by atoms with Crippen LogP contribution in [0.2, 0.25) is 0 Å². The summed E-state index contributed by atoms with van der Waals surface area (Å²) in [7, 11) is 0. The Morgan fingerprint density at radius 1 is 1.30 bits per heavy atom. The van der Waals surface area contributed by atoms with E-state index >= 15 is 0 Å². The molecule has 3 aliphatic rings. The van der Waals surface area contributed by atoms with Gasteiger partial charge in [-0.3, -0.25) is 9.69 Å². The van der Waals surface area contributed by atoms with Gasteiger partial charge in [-0.2, -0.15) is 0 Å². The van der Waals surface area contributed by atoms with E-state index in [-0.39, 0.29) is 11.9 Å². The normalized spacial score (nSPS) is 33.5. The monoisotopic (exact) mass is 292 g/mol. The Kier molecular flexibility index (Phi) is 3.03. The van der Waals surface area contributed by atoms with Gasteiger partial charge in [0, 0.05) is 12.5 Å². The molecule has 0 aromatic carbocycles. The standard InChI is InChI=1S/C14H20N4OS/c15-13(19)12-10-3-1-2-9(10)6-18(12)7-11-16-17-14(20-11)8-4-5-8/h8-10,12H,1-7H2,(H2,15,19). The van der Waals surface area contributed by atoms with Crippen LogP contribution in [0.1, 0.15) is 48.0 Å². The van der Waals surface area contributed by atoms with Crippen LogP contribution in [0.4, 0.5) is 0 Å². The van der Waals surface area contributed by atoms with Crippen LogP contribution >= 0.6 is 11.3 Å². The molecular weight excluding hydrogens is 272 g/mol. The number of hydrogen-bond acceptors (Lipinski definition) is 5. The molecule has 2 saturated carbocycles. The van der Waals surface area contributed by atoms with Gasteiger partial charge in [-0.15, -0.1) is 10.2 Å². The fraction of sp³-hybridized carbons (Fsp3) is 0.786. The van der Waals surface area contributed by atoms with Gasteiger partial charge in [0.05, 0.1) is 12.6 Å². The molecule has 6 heteroatoms. The van der Waals surface area contributed by atoms with E-state index in [1.807, 2.05) is 0 Å². The second-order valence-corrected chi connectivity index (χ2v) is 7.53. The fourth-order valence-corrected chi connectivity index (χ4v) is 4.98. The summed E-state index contributed by atoms with van der Waals surface area (Å²) in [6.07, 6.45) is 6.16. The van der Waals surface area contributed by atoms with E-state index in [9.17, 15) is 4.79 Å². The molecule has 1 amide bonds. The summed E-state index contributed by atoms with van der Waals surface area (Å²) in [5.74, 6) is 1.63. The summed E-state index contributed by atoms with van der Waals surface area (Å²) in [4.78, 5) is 14.1. The number of amides is 1. The minimum atomic E-state index is -0.161. The summed E-state index contributed by atoms with van der Waals surface area (Å²) in [6.45, 7) is 1.74. The summed E-state index contributed by atoms with van der Waals surface area (Å²) < 4.78 is 0. The Morgan fingerprint density at radius 2 is 2.15 bits per heavy atom. The van der Waals surface area contributed by atoms with Crippen molar-refractivity contribution in [1.82, 2.24) is 15.1 Å². The average Bonchev–Trinajstić information content (AvgIpc) is 2.82. The molecule has 2 heterocycles. The summed E-state index contributed by atoms with van der Waals surface area (Å²) >= 11 is 1.72. The molecule has 108 valence electrons. The predicted molar refractivity (Wildman–Crippen MR) is 76.1 cm³/mol. The minimum absolute atomic E-state index is 0.0872. The zero-order chi connectivity index (χ0) is 13.7. The number of carbonyl (C=O) groups excluding carboxylic acids is 1. The Hall–Kier alpha value is -1.01. The molecule has 1 aromatic heterocycles. The van der Waals surface area contributed by atoms with Gasteiger partial charge in [-0.05, 0) is 37.5 Å². The van der Waals surface area contributed by atoms with Gasteiger partial charge >= 0.3 is 0 Å². The van der Waals surface area contributed by atoms with Crippen molar-refractivity contribution < 1.29 is 4.79 Å². The van der Waals surface area contributed by atoms with E-state index < -0.39 is 0 Å². The molecule has 1 saturated heterocycles. The number of fused-ring (bicyclic) bond motifs is 1. The molecule has 0 radical (unpaired) electrons. The van der Waals surface area contributed by atoms with Crippen LogP contribution in [0, 0.1) is 11.8 Å². The van der Waals surface area contributed by atoms with Crippen molar-refractivity contribution in [3.8, 4) is 0 Å². The highest BCUT2D eigenvalue weighted by molar-refractivity contribution is 7.11. The molecule has 20 heavy (non-hydrogen) atoms. The molecule has 2 aliphatic carbocycles. The number of primary amides is 1. The van der Waals surface area contributed by atoms with Gasteiger partial charge in [-0.25, -0.2) is 0 Å². The number of aromatic nitrogens is 2. The number of likely N-dealkylation sites (tertiary alicyclic amines) is 1. The molecule has 4 rings (SSSR count). The third-order valence-electron chi connectivity index (χ3n) is 5.02. The third kappa shape index (κ3) is 2.15. The molecule has 3 atom stereocenters. The maximum atomic E-state index is 11.8. The molecule has 0 spiro atoms. The van der Waals surface area contributed by atoms with Crippen LogP contribution in [0.3, 0.4) is 0 Å².